The summed E-state index contributed by atoms with van der Waals surface area (Å²) >= 11 is 0. The van der Waals surface area contributed by atoms with Gasteiger partial charge in [-0.15, -0.1) is 0 Å². The number of carbonyl (C=O) groups excluding carboxylic acids is 1. The SMILES string of the molecule is COCCNCCNC(=O)C1CCCc2ccccc21. The monoisotopic (exact) mass is 276 g/mol. The molecule has 0 spiro atoms. The fraction of sp³-hybridized carbons (Fsp3) is 0.562. The number of amides is 1. The summed E-state index contributed by atoms with van der Waals surface area (Å²) in [4.78, 5) is 12.3. The van der Waals surface area contributed by atoms with Gasteiger partial charge >= 0.3 is 0 Å². The van der Waals surface area contributed by atoms with Gasteiger partial charge in [-0.1, -0.05) is 24.3 Å². The van der Waals surface area contributed by atoms with Crippen molar-refractivity contribution in [3.05, 3.63) is 35.4 Å². The van der Waals surface area contributed by atoms with Crippen molar-refractivity contribution in [3.8, 4) is 0 Å². The van der Waals surface area contributed by atoms with Gasteiger partial charge in [0.05, 0.1) is 12.5 Å². The summed E-state index contributed by atoms with van der Waals surface area (Å²) < 4.78 is 4.95. The molecule has 110 valence electrons. The molecule has 0 aromatic heterocycles. The maximum Gasteiger partial charge on any atom is 0.227 e. The third-order valence-electron chi connectivity index (χ3n) is 3.77. The zero-order valence-electron chi connectivity index (χ0n) is 12.2. The summed E-state index contributed by atoms with van der Waals surface area (Å²) in [5.41, 5.74) is 2.54. The minimum atomic E-state index is 0.0268. The maximum atomic E-state index is 12.3. The average Bonchev–Trinajstić information content (AvgIpc) is 2.50. The van der Waals surface area contributed by atoms with E-state index < -0.39 is 0 Å². The van der Waals surface area contributed by atoms with E-state index in [1.807, 2.05) is 6.07 Å². The summed E-state index contributed by atoms with van der Waals surface area (Å²) in [5, 5.41) is 6.25. The lowest BCUT2D eigenvalue weighted by Gasteiger charge is -2.24. The van der Waals surface area contributed by atoms with Crippen LogP contribution in [0, 0.1) is 0 Å². The van der Waals surface area contributed by atoms with Gasteiger partial charge in [-0.2, -0.15) is 0 Å². The minimum absolute atomic E-state index is 0.0268. The van der Waals surface area contributed by atoms with Gasteiger partial charge in [-0.3, -0.25) is 4.79 Å². The summed E-state index contributed by atoms with van der Waals surface area (Å²) in [5.74, 6) is 0.185. The molecule has 1 amide bonds. The van der Waals surface area contributed by atoms with Crippen LogP contribution in [0.25, 0.3) is 0 Å². The first kappa shape index (κ1) is 15.0. The highest BCUT2D eigenvalue weighted by molar-refractivity contribution is 5.84. The number of aryl methyl sites for hydroxylation is 1. The van der Waals surface area contributed by atoms with Crippen LogP contribution in [0.5, 0.6) is 0 Å². The van der Waals surface area contributed by atoms with Gasteiger partial charge in [0.1, 0.15) is 0 Å². The summed E-state index contributed by atoms with van der Waals surface area (Å²) in [6.07, 6.45) is 3.15. The van der Waals surface area contributed by atoms with Crippen molar-refractivity contribution < 1.29 is 9.53 Å². The Morgan fingerprint density at radius 3 is 3.00 bits per heavy atom. The fourth-order valence-corrected chi connectivity index (χ4v) is 2.72. The van der Waals surface area contributed by atoms with Crippen molar-refractivity contribution in [2.24, 2.45) is 0 Å². The zero-order chi connectivity index (χ0) is 14.2. The standard InChI is InChI=1S/C16H24N2O2/c1-20-12-11-17-9-10-18-16(19)15-8-4-6-13-5-2-3-7-14(13)15/h2-3,5,7,15,17H,4,6,8-12H2,1H3,(H,18,19). The predicted molar refractivity (Wildman–Crippen MR) is 79.9 cm³/mol. The largest absolute Gasteiger partial charge is 0.383 e. The van der Waals surface area contributed by atoms with Gasteiger partial charge in [-0.25, -0.2) is 0 Å². The molecule has 0 bridgehead atoms. The van der Waals surface area contributed by atoms with Gasteiger partial charge in [-0.05, 0) is 30.4 Å². The first-order valence-electron chi connectivity index (χ1n) is 7.38. The van der Waals surface area contributed by atoms with Crippen LogP contribution in [0.15, 0.2) is 24.3 Å². The predicted octanol–water partition coefficient (Wildman–Crippen LogP) is 1.46. The van der Waals surface area contributed by atoms with E-state index in [4.69, 9.17) is 4.74 Å². The first-order chi connectivity index (χ1) is 9.83. The van der Waals surface area contributed by atoms with Crippen molar-refractivity contribution in [1.29, 1.82) is 0 Å². The van der Waals surface area contributed by atoms with Crippen LogP contribution in [0.4, 0.5) is 0 Å². The van der Waals surface area contributed by atoms with Crippen molar-refractivity contribution in [2.75, 3.05) is 33.4 Å². The van der Waals surface area contributed by atoms with Crippen LogP contribution >= 0.6 is 0 Å². The Morgan fingerprint density at radius 1 is 1.30 bits per heavy atom. The van der Waals surface area contributed by atoms with E-state index in [2.05, 4.69) is 28.8 Å². The molecule has 0 radical (unpaired) electrons. The molecule has 2 N–H and O–H groups in total. The number of hydrogen-bond acceptors (Lipinski definition) is 3. The number of rotatable bonds is 7. The van der Waals surface area contributed by atoms with Crippen molar-refractivity contribution in [1.82, 2.24) is 10.6 Å². The molecule has 1 atom stereocenters. The van der Waals surface area contributed by atoms with Crippen LogP contribution in [-0.4, -0.2) is 39.3 Å². The molecule has 1 unspecified atom stereocenters. The highest BCUT2D eigenvalue weighted by atomic mass is 16.5. The Morgan fingerprint density at radius 2 is 2.15 bits per heavy atom. The van der Waals surface area contributed by atoms with E-state index in [-0.39, 0.29) is 11.8 Å². The number of fused-ring (bicyclic) bond motifs is 1. The Bertz CT molecular complexity index is 434. The quantitative estimate of drug-likeness (QED) is 0.741. The molecule has 0 fully saturated rings. The molecular weight excluding hydrogens is 252 g/mol. The summed E-state index contributed by atoms with van der Waals surface area (Å²) in [7, 11) is 1.68. The number of ether oxygens (including phenoxy) is 1. The molecule has 0 heterocycles. The molecule has 4 heteroatoms. The Labute approximate surface area is 120 Å². The highest BCUT2D eigenvalue weighted by Crippen LogP contribution is 2.31. The van der Waals surface area contributed by atoms with Gasteiger partial charge < -0.3 is 15.4 Å². The van der Waals surface area contributed by atoms with Crippen molar-refractivity contribution in [3.63, 3.8) is 0 Å². The van der Waals surface area contributed by atoms with Crippen LogP contribution < -0.4 is 10.6 Å². The second-order valence-corrected chi connectivity index (χ2v) is 5.18. The number of methoxy groups -OCH3 is 1. The third-order valence-corrected chi connectivity index (χ3v) is 3.77. The topological polar surface area (TPSA) is 50.4 Å². The maximum absolute atomic E-state index is 12.3. The summed E-state index contributed by atoms with van der Waals surface area (Å²) in [6.45, 7) is 2.97. The van der Waals surface area contributed by atoms with Crippen LogP contribution in [-0.2, 0) is 16.0 Å². The number of hydrogen-bond donors (Lipinski definition) is 2. The van der Waals surface area contributed by atoms with Gasteiger partial charge in [0.2, 0.25) is 5.91 Å². The molecular formula is C16H24N2O2. The van der Waals surface area contributed by atoms with Gasteiger partial charge in [0, 0.05) is 26.7 Å². The lowest BCUT2D eigenvalue weighted by atomic mass is 9.82. The van der Waals surface area contributed by atoms with Gasteiger partial charge in [0.25, 0.3) is 0 Å². The molecule has 1 aromatic rings. The first-order valence-corrected chi connectivity index (χ1v) is 7.38. The lowest BCUT2D eigenvalue weighted by molar-refractivity contribution is -0.122. The average molecular weight is 276 g/mol. The van der Waals surface area contributed by atoms with Crippen molar-refractivity contribution in [2.45, 2.75) is 25.2 Å². The Hall–Kier alpha value is -1.39. The molecule has 0 saturated carbocycles. The third kappa shape index (κ3) is 4.05. The molecule has 0 aliphatic heterocycles. The van der Waals surface area contributed by atoms with E-state index in [9.17, 15) is 4.79 Å². The van der Waals surface area contributed by atoms with Crippen LogP contribution in [0.3, 0.4) is 0 Å². The van der Waals surface area contributed by atoms with E-state index >= 15 is 0 Å². The van der Waals surface area contributed by atoms with Crippen LogP contribution in [0.1, 0.15) is 29.9 Å². The summed E-state index contributed by atoms with van der Waals surface area (Å²) in [6, 6.07) is 8.31. The van der Waals surface area contributed by atoms with E-state index in [0.29, 0.717) is 13.2 Å². The van der Waals surface area contributed by atoms with Gasteiger partial charge in [0.15, 0.2) is 0 Å². The van der Waals surface area contributed by atoms with E-state index in [1.165, 1.54) is 11.1 Å². The number of nitrogens with one attached hydrogen (secondary N) is 2. The smallest absolute Gasteiger partial charge is 0.227 e. The molecule has 2 rings (SSSR count). The highest BCUT2D eigenvalue weighted by Gasteiger charge is 2.25. The number of benzene rings is 1. The molecule has 1 aromatic carbocycles. The second-order valence-electron chi connectivity index (χ2n) is 5.18. The lowest BCUT2D eigenvalue weighted by Crippen LogP contribution is -2.36. The molecule has 1 aliphatic rings. The fourth-order valence-electron chi connectivity index (χ4n) is 2.72. The number of carbonyl (C=O) groups is 1. The molecule has 0 saturated heterocycles. The molecule has 4 nitrogen and oxygen atoms in total. The zero-order valence-corrected chi connectivity index (χ0v) is 12.2. The normalized spacial score (nSPS) is 17.6. The Kier molecular flexibility index (Phi) is 6.02. The molecule has 20 heavy (non-hydrogen) atoms. The Balaban J connectivity index is 1.79. The van der Waals surface area contributed by atoms with E-state index in [1.54, 1.807) is 7.11 Å². The van der Waals surface area contributed by atoms with E-state index in [0.717, 1.165) is 32.4 Å². The molecule has 1 aliphatic carbocycles. The van der Waals surface area contributed by atoms with Crippen LogP contribution in [0.2, 0.25) is 0 Å². The minimum Gasteiger partial charge on any atom is -0.383 e. The second kappa shape index (κ2) is 8.02. The van der Waals surface area contributed by atoms with Crippen molar-refractivity contribution >= 4 is 5.91 Å².